The van der Waals surface area contributed by atoms with Crippen LogP contribution in [0.25, 0.3) is 0 Å². The van der Waals surface area contributed by atoms with Gasteiger partial charge in [-0.25, -0.2) is 0 Å². The summed E-state index contributed by atoms with van der Waals surface area (Å²) in [5, 5.41) is 27.9. The molecule has 18 heavy (non-hydrogen) atoms. The maximum absolute atomic E-state index is 10.6. The van der Waals surface area contributed by atoms with E-state index in [2.05, 4.69) is 0 Å². The lowest BCUT2D eigenvalue weighted by Gasteiger charge is -2.20. The van der Waals surface area contributed by atoms with Crippen LogP contribution >= 0.6 is 0 Å². The number of carbonyl (C=O) groups is 1. The Labute approximate surface area is 103 Å². The average Bonchev–Trinajstić information content (AvgIpc) is 2.34. The molecule has 1 N–H and O–H groups in total. The van der Waals surface area contributed by atoms with Gasteiger partial charge in [0, 0.05) is 24.4 Å². The number of carboxylic acids is 1. The Kier molecular flexibility index (Phi) is 4.63. The van der Waals surface area contributed by atoms with Crippen LogP contribution in [0.5, 0.6) is 0 Å². The molecule has 0 aliphatic heterocycles. The highest BCUT2D eigenvalue weighted by molar-refractivity contribution is 5.68. The van der Waals surface area contributed by atoms with Crippen LogP contribution in [-0.2, 0) is 4.79 Å². The number of hydrogen-bond acceptors (Lipinski definition) is 5. The Bertz CT molecular complexity index is 495. The minimum atomic E-state index is -0.983. The second-order valence-corrected chi connectivity index (χ2v) is 3.50. The molecule has 0 aliphatic rings. The minimum absolute atomic E-state index is 0.0194. The molecule has 0 saturated carbocycles. The molecule has 0 atom stereocenters. The number of benzene rings is 1. The number of nitro groups is 1. The summed E-state index contributed by atoms with van der Waals surface area (Å²) in [4.78, 5) is 22.1. The molecule has 0 unspecified atom stereocenters. The van der Waals surface area contributed by atoms with Gasteiger partial charge in [-0.05, 0) is 6.07 Å². The molecule has 0 bridgehead atoms. The van der Waals surface area contributed by atoms with Gasteiger partial charge in [-0.15, -0.1) is 0 Å². The van der Waals surface area contributed by atoms with E-state index in [-0.39, 0.29) is 25.2 Å². The number of non-ortho nitro benzene ring substituents is 1. The number of rotatable bonds is 6. The first kappa shape index (κ1) is 13.4. The predicted octanol–water partition coefficient (Wildman–Crippen LogP) is 1.40. The zero-order valence-electron chi connectivity index (χ0n) is 9.44. The van der Waals surface area contributed by atoms with Crippen molar-refractivity contribution in [1.29, 1.82) is 5.26 Å². The number of anilines is 1. The average molecular weight is 249 g/mol. The molecular weight excluding hydrogens is 238 g/mol. The molecule has 0 saturated heterocycles. The van der Waals surface area contributed by atoms with Crippen molar-refractivity contribution in [3.8, 4) is 6.07 Å². The molecule has 0 aromatic heterocycles. The van der Waals surface area contributed by atoms with E-state index in [1.807, 2.05) is 6.07 Å². The van der Waals surface area contributed by atoms with Gasteiger partial charge < -0.3 is 10.0 Å². The summed E-state index contributed by atoms with van der Waals surface area (Å²) in [6, 6.07) is 7.66. The van der Waals surface area contributed by atoms with E-state index in [4.69, 9.17) is 10.4 Å². The van der Waals surface area contributed by atoms with Crippen LogP contribution in [0.4, 0.5) is 11.4 Å². The molecule has 0 amide bonds. The van der Waals surface area contributed by atoms with Gasteiger partial charge in [0.25, 0.3) is 5.69 Å². The van der Waals surface area contributed by atoms with Crippen LogP contribution in [0.3, 0.4) is 0 Å². The van der Waals surface area contributed by atoms with Gasteiger partial charge in [0.15, 0.2) is 0 Å². The summed E-state index contributed by atoms with van der Waals surface area (Å²) in [6.07, 6.45) is -0.135. The fraction of sp³-hybridized carbons (Fsp3) is 0.273. The highest BCUT2D eigenvalue weighted by atomic mass is 16.6. The van der Waals surface area contributed by atoms with E-state index in [0.29, 0.717) is 5.69 Å². The Morgan fingerprint density at radius 1 is 1.56 bits per heavy atom. The molecule has 1 rings (SSSR count). The van der Waals surface area contributed by atoms with Crippen molar-refractivity contribution in [3.63, 3.8) is 0 Å². The zero-order valence-corrected chi connectivity index (χ0v) is 9.44. The number of hydrogen-bond donors (Lipinski definition) is 1. The van der Waals surface area contributed by atoms with Crippen LogP contribution in [0.15, 0.2) is 24.3 Å². The lowest BCUT2D eigenvalue weighted by molar-refractivity contribution is -0.384. The third-order valence-corrected chi connectivity index (χ3v) is 2.26. The third kappa shape index (κ3) is 3.75. The third-order valence-electron chi connectivity index (χ3n) is 2.26. The van der Waals surface area contributed by atoms with Gasteiger partial charge in [-0.2, -0.15) is 5.26 Å². The second kappa shape index (κ2) is 6.20. The maximum Gasteiger partial charge on any atom is 0.305 e. The van der Waals surface area contributed by atoms with Gasteiger partial charge in [0.1, 0.15) is 6.54 Å². The molecule has 1 aromatic rings. The molecule has 0 spiro atoms. The monoisotopic (exact) mass is 249 g/mol. The maximum atomic E-state index is 10.6. The molecular formula is C11H11N3O4. The Balaban J connectivity index is 2.91. The highest BCUT2D eigenvalue weighted by Gasteiger charge is 2.12. The number of carboxylic acid groups (broad SMARTS) is 1. The largest absolute Gasteiger partial charge is 0.481 e. The molecule has 0 radical (unpaired) electrons. The minimum Gasteiger partial charge on any atom is -0.481 e. The normalized spacial score (nSPS) is 9.50. The Hall–Kier alpha value is -2.62. The summed E-state index contributed by atoms with van der Waals surface area (Å²) < 4.78 is 0. The lowest BCUT2D eigenvalue weighted by atomic mass is 10.2. The van der Waals surface area contributed by atoms with Crippen molar-refractivity contribution in [2.24, 2.45) is 0 Å². The molecule has 7 heteroatoms. The first-order chi connectivity index (χ1) is 8.54. The quantitative estimate of drug-likeness (QED) is 0.463. The van der Waals surface area contributed by atoms with Crippen molar-refractivity contribution in [2.75, 3.05) is 18.0 Å². The van der Waals surface area contributed by atoms with Crippen LogP contribution < -0.4 is 4.90 Å². The van der Waals surface area contributed by atoms with Gasteiger partial charge in [0.2, 0.25) is 0 Å². The van der Waals surface area contributed by atoms with Crippen molar-refractivity contribution in [1.82, 2.24) is 0 Å². The summed E-state index contributed by atoms with van der Waals surface area (Å²) in [5.74, 6) is -0.983. The van der Waals surface area contributed by atoms with Gasteiger partial charge in [0.05, 0.1) is 17.4 Å². The predicted molar refractivity (Wildman–Crippen MR) is 63.2 cm³/mol. The lowest BCUT2D eigenvalue weighted by Crippen LogP contribution is -2.26. The van der Waals surface area contributed by atoms with E-state index in [1.54, 1.807) is 6.07 Å². The van der Waals surface area contributed by atoms with Gasteiger partial charge in [-0.3, -0.25) is 14.9 Å². The molecule has 7 nitrogen and oxygen atoms in total. The van der Waals surface area contributed by atoms with E-state index >= 15 is 0 Å². The molecule has 1 aromatic carbocycles. The molecule has 0 aliphatic carbocycles. The first-order valence-corrected chi connectivity index (χ1v) is 5.12. The van der Waals surface area contributed by atoms with Gasteiger partial charge >= 0.3 is 5.97 Å². The fourth-order valence-electron chi connectivity index (χ4n) is 1.42. The van der Waals surface area contributed by atoms with Crippen molar-refractivity contribution in [3.05, 3.63) is 34.4 Å². The van der Waals surface area contributed by atoms with Crippen LogP contribution in [0, 0.1) is 21.4 Å². The van der Waals surface area contributed by atoms with Crippen LogP contribution in [0.1, 0.15) is 6.42 Å². The summed E-state index contributed by atoms with van der Waals surface area (Å²) in [5.41, 5.74) is 0.373. The van der Waals surface area contributed by atoms with Crippen LogP contribution in [-0.4, -0.2) is 29.1 Å². The Morgan fingerprint density at radius 3 is 2.83 bits per heavy atom. The SMILES string of the molecule is N#CCN(CCC(=O)O)c1cccc([N+](=O)[O-])c1. The van der Waals surface area contributed by atoms with E-state index in [1.165, 1.54) is 23.1 Å². The van der Waals surface area contributed by atoms with Crippen molar-refractivity contribution >= 4 is 17.3 Å². The summed E-state index contributed by atoms with van der Waals surface area (Å²) in [7, 11) is 0. The number of nitriles is 1. The van der Waals surface area contributed by atoms with E-state index in [9.17, 15) is 14.9 Å². The zero-order chi connectivity index (χ0) is 13.5. The van der Waals surface area contributed by atoms with Crippen LogP contribution in [0.2, 0.25) is 0 Å². The molecule has 94 valence electrons. The standard InChI is InChI=1S/C11H11N3O4/c12-5-7-13(6-4-11(15)16)9-2-1-3-10(8-9)14(17)18/h1-3,8H,4,6-7H2,(H,15,16). The topological polar surface area (TPSA) is 107 Å². The molecule has 0 fully saturated rings. The van der Waals surface area contributed by atoms with Gasteiger partial charge in [-0.1, -0.05) is 6.07 Å². The Morgan fingerprint density at radius 2 is 2.28 bits per heavy atom. The smallest absolute Gasteiger partial charge is 0.305 e. The summed E-state index contributed by atoms with van der Waals surface area (Å²) >= 11 is 0. The number of nitro benzene ring substituents is 1. The summed E-state index contributed by atoms with van der Waals surface area (Å²) in [6.45, 7) is 0.110. The van der Waals surface area contributed by atoms with Crippen molar-refractivity contribution in [2.45, 2.75) is 6.42 Å². The van der Waals surface area contributed by atoms with E-state index in [0.717, 1.165) is 0 Å². The highest BCUT2D eigenvalue weighted by Crippen LogP contribution is 2.20. The number of nitrogens with zero attached hydrogens (tertiary/aromatic N) is 3. The van der Waals surface area contributed by atoms with E-state index < -0.39 is 10.9 Å². The molecule has 0 heterocycles. The van der Waals surface area contributed by atoms with Crippen molar-refractivity contribution < 1.29 is 14.8 Å². The second-order valence-electron chi connectivity index (χ2n) is 3.50. The number of aliphatic carboxylic acids is 1. The fourth-order valence-corrected chi connectivity index (χ4v) is 1.42. The first-order valence-electron chi connectivity index (χ1n) is 5.12.